The molecule has 0 saturated carbocycles. The number of aliphatic hydroxyl groups is 2. The van der Waals surface area contributed by atoms with Crippen molar-refractivity contribution in [1.82, 2.24) is 25.5 Å². The monoisotopic (exact) mass is 281 g/mol. The molecule has 0 aromatic carbocycles. The van der Waals surface area contributed by atoms with Gasteiger partial charge in [0.1, 0.15) is 17.3 Å². The van der Waals surface area contributed by atoms with Crippen molar-refractivity contribution in [3.8, 4) is 0 Å². The zero-order valence-corrected chi connectivity index (χ0v) is 10.6. The van der Waals surface area contributed by atoms with E-state index in [0.717, 1.165) is 0 Å². The molecule has 1 saturated heterocycles. The minimum atomic E-state index is -1.50. The van der Waals surface area contributed by atoms with Crippen molar-refractivity contribution in [3.63, 3.8) is 0 Å². The lowest BCUT2D eigenvalue weighted by Gasteiger charge is -2.27. The van der Waals surface area contributed by atoms with Crippen molar-refractivity contribution < 1.29 is 10.2 Å². The highest BCUT2D eigenvalue weighted by molar-refractivity contribution is 5.78. The standard InChI is InChI=1S/C10H15N7O3/c1-2-5(18)7(19)10(12,15-2)6-3-4(16-17-6)8(20)14-9(11)13-3/h2,5,7,15,18-19H,12H2,1H3,(H,16,17)(H3,11,13,14,20)/t2-,5-,7-,10+/m1/s1. The van der Waals surface area contributed by atoms with E-state index in [1.807, 2.05) is 0 Å². The lowest BCUT2D eigenvalue weighted by atomic mass is 9.99. The first-order valence-electron chi connectivity index (χ1n) is 6.01. The summed E-state index contributed by atoms with van der Waals surface area (Å²) < 4.78 is 0. The number of aromatic amines is 2. The van der Waals surface area contributed by atoms with Crippen LogP contribution >= 0.6 is 0 Å². The number of hydrogen-bond donors (Lipinski definition) is 7. The molecule has 4 atom stereocenters. The van der Waals surface area contributed by atoms with Crippen LogP contribution in [0.3, 0.4) is 0 Å². The van der Waals surface area contributed by atoms with Gasteiger partial charge in [0, 0.05) is 6.04 Å². The van der Waals surface area contributed by atoms with Crippen LogP contribution in [0.1, 0.15) is 12.6 Å². The molecule has 3 rings (SSSR count). The molecule has 0 unspecified atom stereocenters. The molecule has 1 aliphatic rings. The minimum Gasteiger partial charge on any atom is -0.389 e. The molecule has 0 amide bonds. The zero-order chi connectivity index (χ0) is 14.7. The number of aliphatic hydroxyl groups excluding tert-OH is 2. The first kappa shape index (κ1) is 13.0. The third kappa shape index (κ3) is 1.56. The number of nitrogens with two attached hydrogens (primary N) is 2. The van der Waals surface area contributed by atoms with Gasteiger partial charge in [-0.25, -0.2) is 4.98 Å². The van der Waals surface area contributed by atoms with E-state index in [0.29, 0.717) is 0 Å². The smallest absolute Gasteiger partial charge is 0.280 e. The molecule has 1 fully saturated rings. The first-order chi connectivity index (χ1) is 9.34. The molecule has 0 aliphatic carbocycles. The van der Waals surface area contributed by atoms with Crippen LogP contribution in [0.25, 0.3) is 11.0 Å². The van der Waals surface area contributed by atoms with Crippen LogP contribution in [0.5, 0.6) is 0 Å². The molecule has 10 nitrogen and oxygen atoms in total. The highest BCUT2D eigenvalue weighted by atomic mass is 16.3. The molecule has 3 heterocycles. The molecule has 0 spiro atoms. The Kier molecular flexibility index (Phi) is 2.59. The van der Waals surface area contributed by atoms with Crippen LogP contribution < -0.4 is 22.3 Å². The summed E-state index contributed by atoms with van der Waals surface area (Å²) >= 11 is 0. The van der Waals surface area contributed by atoms with Crippen LogP contribution in [0.2, 0.25) is 0 Å². The highest BCUT2D eigenvalue weighted by Gasteiger charge is 2.51. The van der Waals surface area contributed by atoms with Gasteiger partial charge in [-0.2, -0.15) is 5.10 Å². The molecular formula is C10H15N7O3. The Morgan fingerprint density at radius 2 is 2.05 bits per heavy atom. The number of rotatable bonds is 1. The third-order valence-corrected chi connectivity index (χ3v) is 3.61. The average Bonchev–Trinajstić information content (AvgIpc) is 2.87. The van der Waals surface area contributed by atoms with Gasteiger partial charge in [0.15, 0.2) is 5.52 Å². The van der Waals surface area contributed by atoms with E-state index in [-0.39, 0.29) is 22.7 Å². The van der Waals surface area contributed by atoms with Gasteiger partial charge in [0.05, 0.1) is 11.8 Å². The molecule has 0 bridgehead atoms. The Bertz CT molecular complexity index is 725. The number of aromatic nitrogens is 4. The molecule has 2 aromatic heterocycles. The number of nitrogens with one attached hydrogen (secondary N) is 3. The number of anilines is 1. The molecule has 108 valence electrons. The fourth-order valence-electron chi connectivity index (χ4n) is 2.53. The Balaban J connectivity index is 2.23. The van der Waals surface area contributed by atoms with E-state index in [1.54, 1.807) is 6.92 Å². The molecule has 2 aromatic rings. The summed E-state index contributed by atoms with van der Waals surface area (Å²) in [5.74, 6) is -0.0881. The van der Waals surface area contributed by atoms with Gasteiger partial charge in [-0.1, -0.05) is 0 Å². The van der Waals surface area contributed by atoms with E-state index in [9.17, 15) is 15.0 Å². The first-order valence-corrected chi connectivity index (χ1v) is 6.01. The summed E-state index contributed by atoms with van der Waals surface area (Å²) in [6, 6.07) is -0.437. The quantitative estimate of drug-likeness (QED) is 0.290. The second-order valence-electron chi connectivity index (χ2n) is 4.98. The van der Waals surface area contributed by atoms with Crippen LogP contribution in [0.15, 0.2) is 4.79 Å². The van der Waals surface area contributed by atoms with Gasteiger partial charge >= 0.3 is 0 Å². The molecule has 1 aliphatic heterocycles. The van der Waals surface area contributed by atoms with Crippen molar-refractivity contribution in [2.75, 3.05) is 5.73 Å². The van der Waals surface area contributed by atoms with Crippen LogP contribution in [0, 0.1) is 0 Å². The van der Waals surface area contributed by atoms with Gasteiger partial charge in [0.25, 0.3) is 5.56 Å². The minimum absolute atomic E-state index is 0.0297. The van der Waals surface area contributed by atoms with Crippen molar-refractivity contribution in [2.45, 2.75) is 30.8 Å². The fraction of sp³-hybridized carbons (Fsp3) is 0.500. The summed E-state index contributed by atoms with van der Waals surface area (Å²) in [4.78, 5) is 18.0. The summed E-state index contributed by atoms with van der Waals surface area (Å²) in [6.07, 6.45) is -2.35. The molecule has 10 heteroatoms. The molecule has 0 radical (unpaired) electrons. The molecule has 9 N–H and O–H groups in total. The van der Waals surface area contributed by atoms with E-state index < -0.39 is 29.5 Å². The van der Waals surface area contributed by atoms with E-state index in [1.165, 1.54) is 0 Å². The van der Waals surface area contributed by atoms with Crippen LogP contribution in [-0.2, 0) is 5.66 Å². The second kappa shape index (κ2) is 3.99. The molecular weight excluding hydrogens is 266 g/mol. The fourth-order valence-corrected chi connectivity index (χ4v) is 2.53. The summed E-state index contributed by atoms with van der Waals surface area (Å²) in [6.45, 7) is 1.68. The number of nitrogen functional groups attached to an aromatic ring is 1. The van der Waals surface area contributed by atoms with Crippen molar-refractivity contribution in [3.05, 3.63) is 16.0 Å². The highest BCUT2D eigenvalue weighted by Crippen LogP contribution is 2.31. The van der Waals surface area contributed by atoms with Crippen LogP contribution in [0.4, 0.5) is 5.95 Å². The number of H-pyrrole nitrogens is 2. The maximum Gasteiger partial charge on any atom is 0.280 e. The summed E-state index contributed by atoms with van der Waals surface area (Å²) in [5, 5.41) is 29.3. The normalized spacial score (nSPS) is 33.9. The Morgan fingerprint density at radius 1 is 1.35 bits per heavy atom. The van der Waals surface area contributed by atoms with Crippen molar-refractivity contribution >= 4 is 17.0 Å². The Labute approximate surface area is 112 Å². The second-order valence-corrected chi connectivity index (χ2v) is 4.98. The van der Waals surface area contributed by atoms with Gasteiger partial charge < -0.3 is 21.7 Å². The number of nitrogens with zero attached hydrogens (tertiary/aromatic N) is 2. The summed E-state index contributed by atoms with van der Waals surface area (Å²) in [7, 11) is 0. The molecule has 20 heavy (non-hydrogen) atoms. The van der Waals surface area contributed by atoms with Crippen molar-refractivity contribution in [2.24, 2.45) is 5.73 Å². The SMILES string of the molecule is C[C@H]1N[C@@](N)(c2[nH]nc3c(=O)[nH]c(N)nc23)[C@H](O)[C@@H]1O. The van der Waals surface area contributed by atoms with Gasteiger partial charge in [0.2, 0.25) is 5.95 Å². The lowest BCUT2D eigenvalue weighted by Crippen LogP contribution is -2.55. The maximum atomic E-state index is 11.7. The van der Waals surface area contributed by atoms with Crippen LogP contribution in [-0.4, -0.2) is 48.6 Å². The Hall–Kier alpha value is -2.01. The largest absolute Gasteiger partial charge is 0.389 e. The van der Waals surface area contributed by atoms with Crippen molar-refractivity contribution in [1.29, 1.82) is 0 Å². The Morgan fingerprint density at radius 3 is 2.65 bits per heavy atom. The van der Waals surface area contributed by atoms with Gasteiger partial charge in [-0.15, -0.1) is 0 Å². The topological polar surface area (TPSA) is 179 Å². The van der Waals surface area contributed by atoms with Gasteiger partial charge in [-0.3, -0.25) is 20.2 Å². The lowest BCUT2D eigenvalue weighted by molar-refractivity contribution is 0.00411. The number of hydrogen-bond acceptors (Lipinski definition) is 8. The van der Waals surface area contributed by atoms with E-state index >= 15 is 0 Å². The predicted octanol–water partition coefficient (Wildman–Crippen LogP) is -2.95. The van der Waals surface area contributed by atoms with E-state index in [2.05, 4.69) is 25.5 Å². The predicted molar refractivity (Wildman–Crippen MR) is 69.4 cm³/mol. The number of fused-ring (bicyclic) bond motifs is 1. The zero-order valence-electron chi connectivity index (χ0n) is 10.6. The van der Waals surface area contributed by atoms with E-state index in [4.69, 9.17) is 11.5 Å². The third-order valence-electron chi connectivity index (χ3n) is 3.61. The maximum absolute atomic E-state index is 11.7. The summed E-state index contributed by atoms with van der Waals surface area (Å²) in [5.41, 5.74) is 10.00. The van der Waals surface area contributed by atoms with Gasteiger partial charge in [-0.05, 0) is 6.92 Å². The average molecular weight is 281 g/mol.